The minimum Gasteiger partial charge on any atom is -0.465 e. The second-order valence-electron chi connectivity index (χ2n) is 5.44. The highest BCUT2D eigenvalue weighted by molar-refractivity contribution is 5.76. The smallest absolute Gasteiger partial charge is 0.323 e. The van der Waals surface area contributed by atoms with Crippen LogP contribution in [0.1, 0.15) is 26.2 Å². The molecular weight excluding hydrogens is 271 g/mol. The molecule has 0 aliphatic heterocycles. The predicted octanol–water partition coefficient (Wildman–Crippen LogP) is 2.34. The van der Waals surface area contributed by atoms with E-state index in [0.29, 0.717) is 25.6 Å². The van der Waals surface area contributed by atoms with Gasteiger partial charge in [0.1, 0.15) is 11.9 Å². The Bertz CT molecular complexity index is 477. The van der Waals surface area contributed by atoms with Gasteiger partial charge in [-0.3, -0.25) is 4.79 Å². The zero-order valence-electron chi connectivity index (χ0n) is 12.6. The highest BCUT2D eigenvalue weighted by atomic mass is 19.1. The SMILES string of the molecule is CCOC(=O)C(CCN(C)c1cccc(F)c1)NC1CC1. The number of hydrogen-bond donors (Lipinski definition) is 1. The lowest BCUT2D eigenvalue weighted by Gasteiger charge is -2.23. The quantitative estimate of drug-likeness (QED) is 0.747. The molecule has 0 radical (unpaired) electrons. The number of hydrogen-bond acceptors (Lipinski definition) is 4. The van der Waals surface area contributed by atoms with Crippen LogP contribution in [0.5, 0.6) is 0 Å². The first-order valence-electron chi connectivity index (χ1n) is 7.49. The average molecular weight is 294 g/mol. The number of esters is 1. The van der Waals surface area contributed by atoms with Crippen LogP contribution in [-0.4, -0.2) is 38.3 Å². The molecule has 0 heterocycles. The van der Waals surface area contributed by atoms with Crippen molar-refractivity contribution in [2.45, 2.75) is 38.3 Å². The standard InChI is InChI=1S/C16H23FN2O2/c1-3-21-16(20)15(18-13-7-8-13)9-10-19(2)14-6-4-5-12(17)11-14/h4-6,11,13,15,18H,3,7-10H2,1-2H3. The molecule has 1 atom stereocenters. The minimum atomic E-state index is -0.284. The maximum Gasteiger partial charge on any atom is 0.323 e. The van der Waals surface area contributed by atoms with Gasteiger partial charge < -0.3 is 15.0 Å². The van der Waals surface area contributed by atoms with E-state index in [1.165, 1.54) is 12.1 Å². The number of halogens is 1. The van der Waals surface area contributed by atoms with Crippen molar-refractivity contribution in [3.05, 3.63) is 30.1 Å². The zero-order chi connectivity index (χ0) is 15.2. The highest BCUT2D eigenvalue weighted by Crippen LogP contribution is 2.21. The molecule has 0 saturated heterocycles. The summed E-state index contributed by atoms with van der Waals surface area (Å²) in [6.07, 6.45) is 2.88. The van der Waals surface area contributed by atoms with Crippen LogP contribution in [0, 0.1) is 5.82 Å². The molecule has 0 aromatic heterocycles. The largest absolute Gasteiger partial charge is 0.465 e. The number of carbonyl (C=O) groups excluding carboxylic acids is 1. The summed E-state index contributed by atoms with van der Waals surface area (Å²) in [5.41, 5.74) is 0.809. The van der Waals surface area contributed by atoms with E-state index in [0.717, 1.165) is 18.5 Å². The van der Waals surface area contributed by atoms with Crippen molar-refractivity contribution in [1.82, 2.24) is 5.32 Å². The fourth-order valence-corrected chi connectivity index (χ4v) is 2.21. The van der Waals surface area contributed by atoms with E-state index in [4.69, 9.17) is 4.74 Å². The summed E-state index contributed by atoms with van der Waals surface area (Å²) in [6, 6.07) is 6.62. The number of anilines is 1. The summed E-state index contributed by atoms with van der Waals surface area (Å²) in [6.45, 7) is 2.86. The molecule has 1 unspecified atom stereocenters. The summed E-state index contributed by atoms with van der Waals surface area (Å²) in [5, 5.41) is 3.32. The van der Waals surface area contributed by atoms with Crippen molar-refractivity contribution in [2.75, 3.05) is 25.1 Å². The van der Waals surface area contributed by atoms with E-state index in [1.807, 2.05) is 24.9 Å². The van der Waals surface area contributed by atoms with Gasteiger partial charge >= 0.3 is 5.97 Å². The Kier molecular flexibility index (Phi) is 5.56. The Morgan fingerprint density at radius 1 is 1.52 bits per heavy atom. The molecule has 21 heavy (non-hydrogen) atoms. The van der Waals surface area contributed by atoms with Crippen LogP contribution >= 0.6 is 0 Å². The maximum atomic E-state index is 13.2. The maximum absolute atomic E-state index is 13.2. The topological polar surface area (TPSA) is 41.6 Å². The van der Waals surface area contributed by atoms with Crippen LogP contribution < -0.4 is 10.2 Å². The molecule has 5 heteroatoms. The van der Waals surface area contributed by atoms with Crippen LogP contribution in [0.4, 0.5) is 10.1 Å². The third-order valence-corrected chi connectivity index (χ3v) is 3.59. The third-order valence-electron chi connectivity index (χ3n) is 3.59. The second kappa shape index (κ2) is 7.41. The molecule has 1 aliphatic carbocycles. The lowest BCUT2D eigenvalue weighted by molar-refractivity contribution is -0.145. The van der Waals surface area contributed by atoms with Crippen molar-refractivity contribution in [3.63, 3.8) is 0 Å². The molecular formula is C16H23FN2O2. The van der Waals surface area contributed by atoms with E-state index in [2.05, 4.69) is 5.32 Å². The highest BCUT2D eigenvalue weighted by Gasteiger charge is 2.29. The number of rotatable bonds is 8. The van der Waals surface area contributed by atoms with Gasteiger partial charge in [-0.25, -0.2) is 4.39 Å². The summed E-state index contributed by atoms with van der Waals surface area (Å²) < 4.78 is 18.3. The van der Waals surface area contributed by atoms with Gasteiger partial charge in [0.05, 0.1) is 6.61 Å². The van der Waals surface area contributed by atoms with Gasteiger partial charge in [0.2, 0.25) is 0 Å². The molecule has 1 aromatic rings. The normalized spacial score (nSPS) is 15.6. The van der Waals surface area contributed by atoms with Gasteiger partial charge in [-0.1, -0.05) is 6.07 Å². The first-order valence-corrected chi connectivity index (χ1v) is 7.49. The number of carbonyl (C=O) groups is 1. The van der Waals surface area contributed by atoms with Gasteiger partial charge in [0.15, 0.2) is 0 Å². The summed E-state index contributed by atoms with van der Waals surface area (Å²) in [5.74, 6) is -0.450. The first kappa shape index (κ1) is 15.8. The van der Waals surface area contributed by atoms with Crippen molar-refractivity contribution >= 4 is 11.7 Å². The Hall–Kier alpha value is -1.62. The van der Waals surface area contributed by atoms with Crippen LogP contribution in [0.25, 0.3) is 0 Å². The molecule has 0 amide bonds. The minimum absolute atomic E-state index is 0.197. The zero-order valence-corrected chi connectivity index (χ0v) is 12.6. The Balaban J connectivity index is 1.89. The Labute approximate surface area is 125 Å². The Morgan fingerprint density at radius 3 is 2.90 bits per heavy atom. The van der Waals surface area contributed by atoms with Crippen LogP contribution in [0.3, 0.4) is 0 Å². The first-order chi connectivity index (χ1) is 10.1. The fourth-order valence-electron chi connectivity index (χ4n) is 2.21. The molecule has 4 nitrogen and oxygen atoms in total. The van der Waals surface area contributed by atoms with Gasteiger partial charge in [-0.15, -0.1) is 0 Å². The number of nitrogens with zero attached hydrogens (tertiary/aromatic N) is 1. The molecule has 0 bridgehead atoms. The van der Waals surface area contributed by atoms with E-state index in [9.17, 15) is 9.18 Å². The molecule has 1 N–H and O–H groups in total. The van der Waals surface area contributed by atoms with Crippen molar-refractivity contribution in [1.29, 1.82) is 0 Å². The summed E-state index contributed by atoms with van der Waals surface area (Å²) in [7, 11) is 1.90. The van der Waals surface area contributed by atoms with E-state index < -0.39 is 0 Å². The van der Waals surface area contributed by atoms with Crippen molar-refractivity contribution in [2.24, 2.45) is 0 Å². The molecule has 1 aromatic carbocycles. The van der Waals surface area contributed by atoms with Gasteiger partial charge in [0, 0.05) is 25.3 Å². The van der Waals surface area contributed by atoms with E-state index in [1.54, 1.807) is 6.07 Å². The van der Waals surface area contributed by atoms with E-state index in [-0.39, 0.29) is 17.8 Å². The molecule has 0 spiro atoms. The average Bonchev–Trinajstić information content (AvgIpc) is 3.27. The van der Waals surface area contributed by atoms with Gasteiger partial charge in [-0.05, 0) is 44.4 Å². The van der Waals surface area contributed by atoms with E-state index >= 15 is 0 Å². The fraction of sp³-hybridized carbons (Fsp3) is 0.562. The second-order valence-corrected chi connectivity index (χ2v) is 5.44. The molecule has 1 saturated carbocycles. The predicted molar refractivity (Wildman–Crippen MR) is 80.9 cm³/mol. The van der Waals surface area contributed by atoms with Crippen molar-refractivity contribution in [3.8, 4) is 0 Å². The number of ether oxygens (including phenoxy) is 1. The van der Waals surface area contributed by atoms with Crippen molar-refractivity contribution < 1.29 is 13.9 Å². The Morgan fingerprint density at radius 2 is 2.29 bits per heavy atom. The van der Waals surface area contributed by atoms with Gasteiger partial charge in [-0.2, -0.15) is 0 Å². The molecule has 1 fully saturated rings. The van der Waals surface area contributed by atoms with Crippen LogP contribution in [0.15, 0.2) is 24.3 Å². The third kappa shape index (κ3) is 5.01. The number of nitrogens with one attached hydrogen (secondary N) is 1. The van der Waals surface area contributed by atoms with Crippen LogP contribution in [0.2, 0.25) is 0 Å². The lowest BCUT2D eigenvalue weighted by atomic mass is 10.2. The summed E-state index contributed by atoms with van der Waals surface area (Å²) >= 11 is 0. The van der Waals surface area contributed by atoms with Crippen LogP contribution in [-0.2, 0) is 9.53 Å². The molecule has 2 rings (SSSR count). The monoisotopic (exact) mass is 294 g/mol. The lowest BCUT2D eigenvalue weighted by Crippen LogP contribution is -2.41. The summed E-state index contributed by atoms with van der Waals surface area (Å²) in [4.78, 5) is 13.9. The molecule has 116 valence electrons. The molecule has 1 aliphatic rings. The number of benzene rings is 1. The van der Waals surface area contributed by atoms with Gasteiger partial charge in [0.25, 0.3) is 0 Å².